The van der Waals surface area contributed by atoms with Crippen molar-refractivity contribution in [2.75, 3.05) is 7.11 Å². The lowest BCUT2D eigenvalue weighted by Gasteiger charge is -2.15. The maximum atomic E-state index is 12.8. The molecule has 0 atom stereocenters. The summed E-state index contributed by atoms with van der Waals surface area (Å²) in [6, 6.07) is 20.0. The van der Waals surface area contributed by atoms with Crippen LogP contribution in [-0.4, -0.2) is 22.6 Å². The summed E-state index contributed by atoms with van der Waals surface area (Å²) in [5, 5.41) is 2.94. The van der Waals surface area contributed by atoms with Gasteiger partial charge in [0.25, 0.3) is 5.91 Å². The van der Waals surface area contributed by atoms with Crippen LogP contribution in [0.1, 0.15) is 53.4 Å². The molecule has 2 aromatic heterocycles. The molecule has 0 aliphatic heterocycles. The zero-order valence-electron chi connectivity index (χ0n) is 19.6. The summed E-state index contributed by atoms with van der Waals surface area (Å²) in [5.41, 5.74) is 5.05. The van der Waals surface area contributed by atoms with Crippen LogP contribution in [-0.2, 0) is 6.54 Å². The number of ether oxygens (including phenoxy) is 1. The second-order valence-corrected chi connectivity index (χ2v) is 8.85. The lowest BCUT2D eigenvalue weighted by molar-refractivity contribution is 0.0924. The molecule has 2 aromatic carbocycles. The van der Waals surface area contributed by atoms with Crippen LogP contribution in [0.2, 0.25) is 0 Å². The number of rotatable bonds is 7. The third-order valence-electron chi connectivity index (χ3n) is 6.51. The van der Waals surface area contributed by atoms with Crippen LogP contribution in [0, 0.1) is 6.92 Å². The van der Waals surface area contributed by atoms with Gasteiger partial charge in [-0.3, -0.25) is 4.79 Å². The monoisotopic (exact) mass is 455 g/mol. The predicted molar refractivity (Wildman–Crippen MR) is 132 cm³/mol. The number of amides is 1. The van der Waals surface area contributed by atoms with Crippen molar-refractivity contribution in [3.8, 4) is 28.5 Å². The van der Waals surface area contributed by atoms with Crippen molar-refractivity contribution in [3.05, 3.63) is 83.9 Å². The van der Waals surface area contributed by atoms with E-state index in [4.69, 9.17) is 14.1 Å². The van der Waals surface area contributed by atoms with Gasteiger partial charge in [0.2, 0.25) is 0 Å². The number of nitrogens with one attached hydrogen (secondary N) is 1. The molecule has 1 aliphatic rings. The van der Waals surface area contributed by atoms with Crippen LogP contribution in [0.15, 0.2) is 71.4 Å². The van der Waals surface area contributed by atoms with Gasteiger partial charge in [0.05, 0.1) is 19.1 Å². The van der Waals surface area contributed by atoms with Crippen molar-refractivity contribution >= 4 is 5.91 Å². The SMILES string of the molecule is COc1ccc(CNC(=O)c2ccc(-c3c(-c4ccc(C)cc4)ncn3C3CCCC3)o2)cc1. The van der Waals surface area contributed by atoms with Gasteiger partial charge < -0.3 is 19.0 Å². The molecule has 174 valence electrons. The molecule has 1 amide bonds. The van der Waals surface area contributed by atoms with Crippen molar-refractivity contribution in [2.45, 2.75) is 45.2 Å². The minimum atomic E-state index is -0.245. The topological polar surface area (TPSA) is 69.3 Å². The Labute approximate surface area is 199 Å². The first-order valence-corrected chi connectivity index (χ1v) is 11.8. The van der Waals surface area contributed by atoms with Gasteiger partial charge in [-0.2, -0.15) is 0 Å². The Kier molecular flexibility index (Phi) is 6.21. The van der Waals surface area contributed by atoms with Crippen molar-refractivity contribution < 1.29 is 13.9 Å². The van der Waals surface area contributed by atoms with Gasteiger partial charge in [-0.25, -0.2) is 4.98 Å². The second-order valence-electron chi connectivity index (χ2n) is 8.85. The summed E-state index contributed by atoms with van der Waals surface area (Å²) >= 11 is 0. The predicted octanol–water partition coefficient (Wildman–Crippen LogP) is 6.17. The number of aryl methyl sites for hydroxylation is 1. The van der Waals surface area contributed by atoms with Crippen LogP contribution >= 0.6 is 0 Å². The molecule has 6 nitrogen and oxygen atoms in total. The van der Waals surface area contributed by atoms with E-state index in [0.29, 0.717) is 18.3 Å². The fourth-order valence-electron chi connectivity index (χ4n) is 4.59. The maximum absolute atomic E-state index is 12.8. The molecule has 4 aromatic rings. The molecule has 0 saturated heterocycles. The molecule has 0 spiro atoms. The smallest absolute Gasteiger partial charge is 0.287 e. The first kappa shape index (κ1) is 22.0. The normalized spacial score (nSPS) is 13.8. The molecule has 1 N–H and O–H groups in total. The van der Waals surface area contributed by atoms with Crippen LogP contribution < -0.4 is 10.1 Å². The van der Waals surface area contributed by atoms with Crippen LogP contribution in [0.4, 0.5) is 0 Å². The summed E-state index contributed by atoms with van der Waals surface area (Å²) in [4.78, 5) is 17.6. The minimum Gasteiger partial charge on any atom is -0.497 e. The Bertz CT molecular complexity index is 1260. The molecular weight excluding hydrogens is 426 g/mol. The summed E-state index contributed by atoms with van der Waals surface area (Å²) in [6.45, 7) is 2.48. The number of methoxy groups -OCH3 is 1. The summed E-state index contributed by atoms with van der Waals surface area (Å²) in [7, 11) is 1.63. The van der Waals surface area contributed by atoms with E-state index in [9.17, 15) is 4.79 Å². The lowest BCUT2D eigenvalue weighted by atomic mass is 10.1. The summed E-state index contributed by atoms with van der Waals surface area (Å²) in [6.07, 6.45) is 6.63. The second kappa shape index (κ2) is 9.59. The Morgan fingerprint density at radius 1 is 1.06 bits per heavy atom. The van der Waals surface area contributed by atoms with E-state index in [0.717, 1.165) is 41.1 Å². The van der Waals surface area contributed by atoms with Gasteiger partial charge in [-0.1, -0.05) is 54.8 Å². The van der Waals surface area contributed by atoms with Crippen LogP contribution in [0.25, 0.3) is 22.7 Å². The Morgan fingerprint density at radius 3 is 2.50 bits per heavy atom. The van der Waals surface area contributed by atoms with Crippen molar-refractivity contribution in [1.29, 1.82) is 0 Å². The van der Waals surface area contributed by atoms with E-state index < -0.39 is 0 Å². The largest absolute Gasteiger partial charge is 0.497 e. The van der Waals surface area contributed by atoms with E-state index in [1.165, 1.54) is 18.4 Å². The average Bonchev–Trinajstić information content (AvgIpc) is 3.63. The first-order valence-electron chi connectivity index (χ1n) is 11.8. The quantitative estimate of drug-likeness (QED) is 0.362. The highest BCUT2D eigenvalue weighted by molar-refractivity contribution is 5.92. The molecule has 1 aliphatic carbocycles. The number of carbonyl (C=O) groups excluding carboxylic acids is 1. The third kappa shape index (κ3) is 4.49. The highest BCUT2D eigenvalue weighted by Crippen LogP contribution is 2.39. The molecule has 0 unspecified atom stereocenters. The van der Waals surface area contributed by atoms with Gasteiger partial charge in [0.1, 0.15) is 11.4 Å². The van der Waals surface area contributed by atoms with Gasteiger partial charge in [0.15, 0.2) is 11.5 Å². The Balaban J connectivity index is 1.41. The number of hydrogen-bond donors (Lipinski definition) is 1. The standard InChI is InChI=1S/C28H29N3O3/c1-19-7-11-21(12-8-19)26-27(31(18-30-26)22-5-3-4-6-22)24-15-16-25(34-24)28(32)29-17-20-9-13-23(33-2)14-10-20/h7-16,18,22H,3-6,17H2,1-2H3,(H,29,32). The molecule has 6 heteroatoms. The van der Waals surface area contributed by atoms with Crippen LogP contribution in [0.5, 0.6) is 5.75 Å². The van der Waals surface area contributed by atoms with Crippen LogP contribution in [0.3, 0.4) is 0 Å². The molecule has 1 saturated carbocycles. The molecule has 2 heterocycles. The number of nitrogens with zero attached hydrogens (tertiary/aromatic N) is 2. The Hall–Kier alpha value is -3.80. The molecule has 0 radical (unpaired) electrons. The average molecular weight is 456 g/mol. The summed E-state index contributed by atoms with van der Waals surface area (Å²) < 4.78 is 13.5. The lowest BCUT2D eigenvalue weighted by Crippen LogP contribution is -2.22. The van der Waals surface area contributed by atoms with E-state index in [1.54, 1.807) is 13.2 Å². The molecule has 5 rings (SSSR count). The van der Waals surface area contributed by atoms with Gasteiger partial charge >= 0.3 is 0 Å². The third-order valence-corrected chi connectivity index (χ3v) is 6.51. The molecular formula is C28H29N3O3. The van der Waals surface area contributed by atoms with Crippen molar-refractivity contribution in [3.63, 3.8) is 0 Å². The van der Waals surface area contributed by atoms with Gasteiger partial charge in [0, 0.05) is 18.2 Å². The van der Waals surface area contributed by atoms with Gasteiger partial charge in [-0.15, -0.1) is 0 Å². The molecule has 0 bridgehead atoms. The van der Waals surface area contributed by atoms with Crippen molar-refractivity contribution in [2.24, 2.45) is 0 Å². The highest BCUT2D eigenvalue weighted by atomic mass is 16.5. The van der Waals surface area contributed by atoms with E-state index in [2.05, 4.69) is 41.1 Å². The Morgan fingerprint density at radius 2 is 1.79 bits per heavy atom. The molecule has 34 heavy (non-hydrogen) atoms. The van der Waals surface area contributed by atoms with Gasteiger partial charge in [-0.05, 0) is 49.6 Å². The minimum absolute atomic E-state index is 0.245. The zero-order valence-corrected chi connectivity index (χ0v) is 19.6. The molecule has 1 fully saturated rings. The van der Waals surface area contributed by atoms with E-state index >= 15 is 0 Å². The first-order chi connectivity index (χ1) is 16.6. The van der Waals surface area contributed by atoms with Crippen molar-refractivity contribution in [1.82, 2.24) is 14.9 Å². The highest BCUT2D eigenvalue weighted by Gasteiger charge is 2.25. The number of hydrogen-bond acceptors (Lipinski definition) is 4. The maximum Gasteiger partial charge on any atom is 0.287 e. The number of imidazole rings is 1. The van der Waals surface area contributed by atoms with E-state index in [1.807, 2.05) is 36.7 Å². The zero-order chi connectivity index (χ0) is 23.5. The fourth-order valence-corrected chi connectivity index (χ4v) is 4.59. The number of carbonyl (C=O) groups is 1. The van der Waals surface area contributed by atoms with E-state index in [-0.39, 0.29) is 11.7 Å². The summed E-state index contributed by atoms with van der Waals surface area (Å²) in [5.74, 6) is 1.49. The fraction of sp³-hybridized carbons (Fsp3) is 0.286. The number of furan rings is 1. The number of aromatic nitrogens is 2. The number of benzene rings is 2.